The van der Waals surface area contributed by atoms with Gasteiger partial charge in [-0.1, -0.05) is 36.4 Å². The second-order valence-electron chi connectivity index (χ2n) is 16.7. The predicted molar refractivity (Wildman–Crippen MR) is 236 cm³/mol. The number of nitrogens with zero attached hydrogens (tertiary/aromatic N) is 10. The molecule has 0 amide bonds. The number of carbonyl (C=O) groups excluding carboxylic acids is 1. The number of carboxylic acid groups (broad SMARTS) is 1. The Morgan fingerprint density at radius 3 is 1.54 bits per heavy atom. The van der Waals surface area contributed by atoms with E-state index in [2.05, 4.69) is 46.8 Å². The summed E-state index contributed by atoms with van der Waals surface area (Å²) in [6.45, 7) is 3.89. The second-order valence-corrected chi connectivity index (χ2v) is 16.7. The molecule has 0 spiro atoms. The number of aromatic nitrogens is 8. The van der Waals surface area contributed by atoms with Crippen molar-refractivity contribution in [3.05, 3.63) is 108 Å². The molecule has 63 heavy (non-hydrogen) atoms. The van der Waals surface area contributed by atoms with Gasteiger partial charge in [-0.15, -0.1) is 0 Å². The molecule has 10 rings (SSSR count). The molecular weight excluding hydrogens is 795 g/mol. The fourth-order valence-corrected chi connectivity index (χ4v) is 7.01. The van der Waals surface area contributed by atoms with Crippen molar-refractivity contribution >= 4 is 35.0 Å². The molecule has 320 valence electrons. The van der Waals surface area contributed by atoms with Crippen LogP contribution in [0.2, 0.25) is 0 Å². The van der Waals surface area contributed by atoms with Crippen molar-refractivity contribution in [3.63, 3.8) is 0 Å². The van der Waals surface area contributed by atoms with Gasteiger partial charge in [0.2, 0.25) is 11.9 Å². The first kappa shape index (κ1) is 42.4. The molecule has 4 aliphatic rings. The Morgan fingerprint density at radius 2 is 1.16 bits per heavy atom. The first-order chi connectivity index (χ1) is 30.5. The molecule has 2 aromatic carbocycles. The highest BCUT2D eigenvalue weighted by molar-refractivity contribution is 5.97. The van der Waals surface area contributed by atoms with Gasteiger partial charge in [0.05, 0.1) is 76.9 Å². The van der Waals surface area contributed by atoms with E-state index in [0.717, 1.165) is 70.7 Å². The van der Waals surface area contributed by atoms with Crippen LogP contribution in [0.15, 0.2) is 85.7 Å². The molecule has 0 aliphatic heterocycles. The SMILES string of the molecule is Cc1cnc(Nc2cnn(C3CC3)c2)nc1-c1ccc(C(=O)C[C@H](C#N)C2CC2)cc1.Cc1cnc(Nc2cnn(C3CC3)c2)nc1-c1ccc(C(=O)O)cc1.N#C[C@@H](N)C1CC1. The summed E-state index contributed by atoms with van der Waals surface area (Å²) < 4.78 is 3.94. The van der Waals surface area contributed by atoms with Crippen LogP contribution in [0.3, 0.4) is 0 Å². The van der Waals surface area contributed by atoms with Gasteiger partial charge in [0.15, 0.2) is 5.78 Å². The van der Waals surface area contributed by atoms with Crippen molar-refractivity contribution in [2.24, 2.45) is 23.5 Å². The topological polar surface area (TPSA) is 239 Å². The van der Waals surface area contributed by atoms with E-state index < -0.39 is 5.97 Å². The minimum atomic E-state index is -0.944. The van der Waals surface area contributed by atoms with Gasteiger partial charge in [-0.3, -0.25) is 14.2 Å². The smallest absolute Gasteiger partial charge is 0.335 e. The summed E-state index contributed by atoms with van der Waals surface area (Å²) in [5.41, 5.74) is 13.2. The van der Waals surface area contributed by atoms with E-state index in [-0.39, 0.29) is 23.3 Å². The van der Waals surface area contributed by atoms with Crippen molar-refractivity contribution < 1.29 is 14.7 Å². The van der Waals surface area contributed by atoms with Crippen LogP contribution < -0.4 is 16.4 Å². The Morgan fingerprint density at radius 1 is 0.698 bits per heavy atom. The van der Waals surface area contributed by atoms with E-state index >= 15 is 0 Å². The Labute approximate surface area is 365 Å². The highest BCUT2D eigenvalue weighted by Crippen LogP contribution is 2.39. The van der Waals surface area contributed by atoms with Crippen LogP contribution >= 0.6 is 0 Å². The number of carbonyl (C=O) groups is 2. The number of carboxylic acids is 1. The molecule has 4 fully saturated rings. The number of aryl methyl sites for hydroxylation is 2. The number of nitriles is 2. The third-order valence-electron chi connectivity index (χ3n) is 11.4. The Balaban J connectivity index is 0.000000152. The number of aromatic carboxylic acids is 1. The van der Waals surface area contributed by atoms with Gasteiger partial charge in [0, 0.05) is 47.9 Å². The minimum absolute atomic E-state index is 0.0273. The van der Waals surface area contributed by atoms with Crippen LogP contribution in [0.1, 0.15) is 102 Å². The van der Waals surface area contributed by atoms with Crippen molar-refractivity contribution in [1.29, 1.82) is 10.5 Å². The standard InChI is InChI=1S/C24H24N6O.C18H17N5O2.C5H8N2/c1-15-12-26-24(28-20-13-27-30(14-20)21-8-9-21)29-23(15)18-6-4-17(5-7-18)22(31)10-19(11-25)16-2-3-16;1-11-8-19-18(21-14-9-20-23(10-14)15-6-7-15)22-16(11)12-2-4-13(5-3-12)17(24)25;6-3-5(7)4-1-2-4/h4-7,12-14,16,19,21H,2-3,8-10H2,1H3,(H,26,28,29);2-5,8-10,15H,6-7H2,1H3,(H,24,25)(H,19,21,22);4-5H,1-2,7H2/t19-;;5-/m1.1/s1. The molecule has 4 saturated carbocycles. The maximum absolute atomic E-state index is 12.6. The van der Waals surface area contributed by atoms with Gasteiger partial charge in [-0.05, 0) is 100 Å². The first-order valence-corrected chi connectivity index (χ1v) is 21.4. The van der Waals surface area contributed by atoms with E-state index in [1.165, 1.54) is 25.7 Å². The number of benzene rings is 2. The molecule has 16 nitrogen and oxygen atoms in total. The van der Waals surface area contributed by atoms with E-state index in [1.54, 1.807) is 49.1 Å². The zero-order chi connectivity index (χ0) is 44.0. The van der Waals surface area contributed by atoms with Gasteiger partial charge >= 0.3 is 5.97 Å². The van der Waals surface area contributed by atoms with Crippen molar-refractivity contribution in [2.75, 3.05) is 10.6 Å². The molecule has 0 radical (unpaired) electrons. The summed E-state index contributed by atoms with van der Waals surface area (Å²) >= 11 is 0. The molecule has 5 N–H and O–H groups in total. The minimum Gasteiger partial charge on any atom is -0.478 e. The van der Waals surface area contributed by atoms with Gasteiger partial charge < -0.3 is 21.5 Å². The lowest BCUT2D eigenvalue weighted by Gasteiger charge is -2.10. The molecule has 4 aromatic heterocycles. The third kappa shape index (κ3) is 11.2. The van der Waals surface area contributed by atoms with Gasteiger partial charge in [-0.2, -0.15) is 20.7 Å². The molecule has 4 heterocycles. The summed E-state index contributed by atoms with van der Waals surface area (Å²) in [4.78, 5) is 41.5. The van der Waals surface area contributed by atoms with Crippen LogP contribution in [0, 0.1) is 54.3 Å². The highest BCUT2D eigenvalue weighted by Gasteiger charge is 2.33. The molecule has 2 atom stereocenters. The zero-order valence-electron chi connectivity index (χ0n) is 35.2. The Kier molecular flexibility index (Phi) is 12.6. The largest absolute Gasteiger partial charge is 0.478 e. The first-order valence-electron chi connectivity index (χ1n) is 21.4. The molecule has 0 bridgehead atoms. The van der Waals surface area contributed by atoms with Crippen molar-refractivity contribution in [3.8, 4) is 34.7 Å². The number of nitrogens with one attached hydrogen (secondary N) is 2. The van der Waals surface area contributed by atoms with Crippen molar-refractivity contribution in [2.45, 2.75) is 89.8 Å². The molecule has 6 aromatic rings. The lowest BCUT2D eigenvalue weighted by molar-refractivity contribution is 0.0696. The summed E-state index contributed by atoms with van der Waals surface area (Å²) in [6, 6.07) is 19.3. The van der Waals surface area contributed by atoms with Gasteiger partial charge in [0.25, 0.3) is 0 Å². The molecule has 0 unspecified atom stereocenters. The quantitative estimate of drug-likeness (QED) is 0.0752. The monoisotopic (exact) mass is 843 g/mol. The maximum atomic E-state index is 12.6. The summed E-state index contributed by atoms with van der Waals surface area (Å²) in [5.74, 6) is 0.856. The van der Waals surface area contributed by atoms with E-state index in [9.17, 15) is 14.9 Å². The lowest BCUT2D eigenvalue weighted by Crippen LogP contribution is -2.18. The van der Waals surface area contributed by atoms with Crippen molar-refractivity contribution in [1.82, 2.24) is 39.5 Å². The summed E-state index contributed by atoms with van der Waals surface area (Å²) in [5, 5.41) is 41.6. The van der Waals surface area contributed by atoms with Gasteiger partial charge in [-0.25, -0.2) is 24.7 Å². The number of nitrogens with two attached hydrogens (primary N) is 1. The normalized spacial score (nSPS) is 16.1. The second kappa shape index (κ2) is 18.8. The van der Waals surface area contributed by atoms with Crippen LogP contribution in [0.4, 0.5) is 23.3 Å². The number of Topliss-reactive ketones (excluding diaryl/α,β-unsaturated/α-hetero) is 1. The third-order valence-corrected chi connectivity index (χ3v) is 11.4. The van der Waals surface area contributed by atoms with Crippen LogP contribution in [0.25, 0.3) is 22.5 Å². The lowest BCUT2D eigenvalue weighted by atomic mass is 9.94. The average Bonchev–Trinajstić information content (AvgIpc) is 4.08. The Bertz CT molecular complexity index is 2660. The predicted octanol–water partition coefficient (Wildman–Crippen LogP) is 8.52. The van der Waals surface area contributed by atoms with Gasteiger partial charge in [0.1, 0.15) is 0 Å². The molecule has 4 aliphatic carbocycles. The summed E-state index contributed by atoms with van der Waals surface area (Å²) in [7, 11) is 0. The van der Waals surface area contributed by atoms with Crippen LogP contribution in [-0.4, -0.2) is 62.4 Å². The van der Waals surface area contributed by atoms with E-state index in [1.807, 2.05) is 65.9 Å². The Hall–Kier alpha value is -7.30. The van der Waals surface area contributed by atoms with E-state index in [4.69, 9.17) is 16.1 Å². The fourth-order valence-electron chi connectivity index (χ4n) is 7.01. The number of anilines is 4. The van der Waals surface area contributed by atoms with Crippen LogP contribution in [0.5, 0.6) is 0 Å². The summed E-state index contributed by atoms with van der Waals surface area (Å²) in [6.07, 6.45) is 20.5. The number of rotatable bonds is 14. The molecular formula is C47H49N13O3. The number of hydrogen-bond acceptors (Lipinski definition) is 13. The number of hydrogen-bond donors (Lipinski definition) is 4. The fraction of sp³-hybridized carbons (Fsp3) is 0.362. The maximum Gasteiger partial charge on any atom is 0.335 e. The highest BCUT2D eigenvalue weighted by atomic mass is 16.4. The zero-order valence-corrected chi connectivity index (χ0v) is 35.2. The molecule has 0 saturated heterocycles. The number of ketones is 1. The van der Waals surface area contributed by atoms with E-state index in [0.29, 0.717) is 47.8 Å². The molecule has 16 heteroatoms. The van der Waals surface area contributed by atoms with Crippen LogP contribution in [-0.2, 0) is 0 Å². The average molecular weight is 844 g/mol.